The first-order valence-electron chi connectivity index (χ1n) is 10.9. The summed E-state index contributed by atoms with van der Waals surface area (Å²) in [6.07, 6.45) is 1.45. The molecule has 0 aliphatic heterocycles. The summed E-state index contributed by atoms with van der Waals surface area (Å²) in [5.74, 6) is 0.279. The zero-order valence-electron chi connectivity index (χ0n) is 19.9. The zero-order chi connectivity index (χ0) is 25.4. The van der Waals surface area contributed by atoms with Crippen molar-refractivity contribution in [1.82, 2.24) is 4.90 Å². The molecule has 0 heterocycles. The number of carbonyl (C=O) groups excluding carboxylic acids is 1. The van der Waals surface area contributed by atoms with Crippen LogP contribution in [0.3, 0.4) is 0 Å². The fraction of sp³-hybridized carbons (Fsp3) is 0.222. The number of hydrogen-bond acceptors (Lipinski definition) is 5. The summed E-state index contributed by atoms with van der Waals surface area (Å²) in [6, 6.07) is 15.1. The molecule has 1 amide bonds. The van der Waals surface area contributed by atoms with Gasteiger partial charge >= 0.3 is 0 Å². The molecular weight excluding hydrogens is 454 g/mol. The summed E-state index contributed by atoms with van der Waals surface area (Å²) in [4.78, 5) is 15.0. The topological polar surface area (TPSA) is 74.0 Å². The van der Waals surface area contributed by atoms with Crippen molar-refractivity contribution in [2.75, 3.05) is 34.4 Å². The average molecular weight is 483 g/mol. The lowest BCUT2D eigenvalue weighted by atomic mass is 9.97. The van der Waals surface area contributed by atoms with Gasteiger partial charge in [-0.05, 0) is 58.7 Å². The van der Waals surface area contributed by atoms with Crippen molar-refractivity contribution in [2.24, 2.45) is 5.73 Å². The molecule has 0 aliphatic carbocycles. The van der Waals surface area contributed by atoms with Gasteiger partial charge < -0.3 is 24.8 Å². The van der Waals surface area contributed by atoms with Crippen molar-refractivity contribution >= 4 is 11.5 Å². The number of rotatable bonds is 10. The van der Waals surface area contributed by atoms with Crippen molar-refractivity contribution in [3.05, 3.63) is 95.1 Å². The van der Waals surface area contributed by atoms with E-state index in [1.807, 2.05) is 0 Å². The number of nitrogens with two attached hydrogens (primary N) is 1. The first-order chi connectivity index (χ1) is 16.9. The standard InChI is InChI=1S/C27H28F2N2O4/c1-33-24-14-18(15-25(34-2)27(24)35-3)17-31(13-12-30)26(32)16-23(19-4-8-21(28)9-5-19)20-6-10-22(29)11-7-20/h4-11,14-16H,12-13,17,30H2,1-3H3. The van der Waals surface area contributed by atoms with Crippen LogP contribution >= 0.6 is 0 Å². The maximum atomic E-state index is 13.5. The second-order valence-corrected chi connectivity index (χ2v) is 7.65. The molecule has 3 rings (SSSR count). The quantitative estimate of drug-likeness (QED) is 0.434. The molecule has 0 radical (unpaired) electrons. The third-order valence-corrected chi connectivity index (χ3v) is 5.39. The minimum Gasteiger partial charge on any atom is -0.493 e. The lowest BCUT2D eigenvalue weighted by molar-refractivity contribution is -0.126. The second-order valence-electron chi connectivity index (χ2n) is 7.65. The molecule has 0 fully saturated rings. The van der Waals surface area contributed by atoms with Crippen LogP contribution in [0, 0.1) is 11.6 Å². The largest absolute Gasteiger partial charge is 0.493 e. The molecular formula is C27H28F2N2O4. The molecule has 0 aromatic heterocycles. The van der Waals surface area contributed by atoms with E-state index in [9.17, 15) is 13.6 Å². The van der Waals surface area contributed by atoms with Crippen LogP contribution in [0.15, 0.2) is 66.7 Å². The lowest BCUT2D eigenvalue weighted by Crippen LogP contribution is -2.34. The van der Waals surface area contributed by atoms with Gasteiger partial charge in [-0.15, -0.1) is 0 Å². The molecule has 6 nitrogen and oxygen atoms in total. The minimum atomic E-state index is -0.398. The predicted molar refractivity (Wildman–Crippen MR) is 130 cm³/mol. The highest BCUT2D eigenvalue weighted by Crippen LogP contribution is 2.38. The number of halogens is 2. The molecule has 0 bridgehead atoms. The summed E-state index contributed by atoms with van der Waals surface area (Å²) in [7, 11) is 4.55. The van der Waals surface area contributed by atoms with E-state index in [4.69, 9.17) is 19.9 Å². The Morgan fingerprint density at radius 3 is 1.74 bits per heavy atom. The Bertz CT molecular complexity index is 1110. The first-order valence-corrected chi connectivity index (χ1v) is 10.9. The lowest BCUT2D eigenvalue weighted by Gasteiger charge is -2.23. The highest BCUT2D eigenvalue weighted by molar-refractivity contribution is 5.99. The zero-order valence-corrected chi connectivity index (χ0v) is 19.9. The summed E-state index contributed by atoms with van der Waals surface area (Å²) < 4.78 is 43.3. The fourth-order valence-corrected chi connectivity index (χ4v) is 3.68. The molecule has 0 unspecified atom stereocenters. The van der Waals surface area contributed by atoms with Crippen LogP contribution in [0.5, 0.6) is 17.2 Å². The molecule has 0 aliphatic rings. The van der Waals surface area contributed by atoms with Crippen molar-refractivity contribution in [3.63, 3.8) is 0 Å². The van der Waals surface area contributed by atoms with Crippen LogP contribution in [0.1, 0.15) is 16.7 Å². The number of hydrogen-bond donors (Lipinski definition) is 1. The van der Waals surface area contributed by atoms with Crippen molar-refractivity contribution in [2.45, 2.75) is 6.54 Å². The van der Waals surface area contributed by atoms with Gasteiger partial charge in [-0.1, -0.05) is 24.3 Å². The second kappa shape index (κ2) is 12.0. The van der Waals surface area contributed by atoms with E-state index < -0.39 is 11.6 Å². The Morgan fingerprint density at radius 2 is 1.34 bits per heavy atom. The SMILES string of the molecule is COc1cc(CN(CCN)C(=O)C=C(c2ccc(F)cc2)c2ccc(F)cc2)cc(OC)c1OC. The van der Waals surface area contributed by atoms with Crippen molar-refractivity contribution in [3.8, 4) is 17.2 Å². The normalized spacial score (nSPS) is 10.5. The number of nitrogens with zero attached hydrogens (tertiary/aromatic N) is 1. The third kappa shape index (κ3) is 6.36. The number of benzene rings is 3. The number of amides is 1. The van der Waals surface area contributed by atoms with E-state index in [2.05, 4.69) is 0 Å². The number of methoxy groups -OCH3 is 3. The van der Waals surface area contributed by atoms with Gasteiger partial charge in [0.25, 0.3) is 0 Å². The highest BCUT2D eigenvalue weighted by Gasteiger charge is 2.18. The van der Waals surface area contributed by atoms with Crippen LogP contribution in [-0.2, 0) is 11.3 Å². The Morgan fingerprint density at radius 1 is 0.857 bits per heavy atom. The molecule has 0 saturated heterocycles. The molecule has 0 spiro atoms. The monoisotopic (exact) mass is 482 g/mol. The van der Waals surface area contributed by atoms with Crippen molar-refractivity contribution < 1.29 is 27.8 Å². The molecule has 3 aromatic carbocycles. The minimum absolute atomic E-state index is 0.226. The molecule has 0 saturated carbocycles. The van der Waals surface area contributed by atoms with Gasteiger partial charge in [0.15, 0.2) is 11.5 Å². The molecule has 2 N–H and O–H groups in total. The van der Waals surface area contributed by atoms with Crippen LogP contribution < -0.4 is 19.9 Å². The number of ether oxygens (including phenoxy) is 3. The van der Waals surface area contributed by atoms with Gasteiger partial charge in [0, 0.05) is 25.7 Å². The van der Waals surface area contributed by atoms with Crippen LogP contribution in [-0.4, -0.2) is 45.2 Å². The fourth-order valence-electron chi connectivity index (χ4n) is 3.68. The maximum Gasteiger partial charge on any atom is 0.247 e. The molecule has 184 valence electrons. The summed E-state index contributed by atoms with van der Waals surface area (Å²) in [6.45, 7) is 0.752. The van der Waals surface area contributed by atoms with E-state index in [1.165, 1.54) is 51.7 Å². The van der Waals surface area contributed by atoms with Gasteiger partial charge in [0.1, 0.15) is 11.6 Å². The van der Waals surface area contributed by atoms with E-state index in [0.717, 1.165) is 5.56 Å². The van der Waals surface area contributed by atoms with Gasteiger partial charge in [0.05, 0.1) is 21.3 Å². The molecule has 35 heavy (non-hydrogen) atoms. The van der Waals surface area contributed by atoms with Crippen LogP contribution in [0.25, 0.3) is 5.57 Å². The van der Waals surface area contributed by atoms with Gasteiger partial charge in [-0.2, -0.15) is 0 Å². The summed E-state index contributed by atoms with van der Waals surface area (Å²) >= 11 is 0. The van der Waals surface area contributed by atoms with Crippen LogP contribution in [0.2, 0.25) is 0 Å². The van der Waals surface area contributed by atoms with E-state index in [1.54, 1.807) is 41.3 Å². The average Bonchev–Trinajstić information content (AvgIpc) is 2.87. The third-order valence-electron chi connectivity index (χ3n) is 5.39. The maximum absolute atomic E-state index is 13.5. The van der Waals surface area contributed by atoms with Crippen molar-refractivity contribution in [1.29, 1.82) is 0 Å². The first kappa shape index (κ1) is 25.7. The van der Waals surface area contributed by atoms with Gasteiger partial charge in [-0.3, -0.25) is 4.79 Å². The number of carbonyl (C=O) groups is 1. The highest BCUT2D eigenvalue weighted by atomic mass is 19.1. The Kier molecular flexibility index (Phi) is 8.80. The van der Waals surface area contributed by atoms with Gasteiger partial charge in [-0.25, -0.2) is 8.78 Å². The molecule has 0 atom stereocenters. The summed E-state index contributed by atoms with van der Waals surface area (Å²) in [5, 5.41) is 0. The van der Waals surface area contributed by atoms with Crippen LogP contribution in [0.4, 0.5) is 8.78 Å². The van der Waals surface area contributed by atoms with E-state index in [-0.39, 0.29) is 25.5 Å². The molecule has 8 heteroatoms. The Hall–Kier alpha value is -3.91. The van der Waals surface area contributed by atoms with E-state index in [0.29, 0.717) is 33.9 Å². The predicted octanol–water partition coefficient (Wildman–Crippen LogP) is 4.41. The summed E-state index contributed by atoms with van der Waals surface area (Å²) in [5.41, 5.74) is 8.31. The Balaban J connectivity index is 2.00. The van der Waals surface area contributed by atoms with Gasteiger partial charge in [0.2, 0.25) is 11.7 Å². The molecule has 3 aromatic rings. The Labute approximate surface area is 203 Å². The smallest absolute Gasteiger partial charge is 0.247 e. The van der Waals surface area contributed by atoms with E-state index >= 15 is 0 Å².